The van der Waals surface area contributed by atoms with Crippen molar-refractivity contribution >= 4 is 11.8 Å². The SMILES string of the molecule is Cc1cccc(CN2CCNC(=O)C2CC(=O)N2CCc3cc(=O)n(C)cc3C2)c1. The molecule has 0 spiro atoms. The average Bonchev–Trinajstić information content (AvgIpc) is 2.71. The van der Waals surface area contributed by atoms with Crippen molar-refractivity contribution in [3.63, 3.8) is 0 Å². The molecule has 4 rings (SSSR count). The van der Waals surface area contributed by atoms with Crippen LogP contribution in [-0.4, -0.2) is 51.9 Å². The Balaban J connectivity index is 1.46. The van der Waals surface area contributed by atoms with Gasteiger partial charge in [-0.05, 0) is 30.0 Å². The topological polar surface area (TPSA) is 74.7 Å². The molecule has 158 valence electrons. The summed E-state index contributed by atoms with van der Waals surface area (Å²) in [5.41, 5.74) is 4.32. The fraction of sp³-hybridized carbons (Fsp3) is 0.435. The number of nitrogens with zero attached hydrogens (tertiary/aromatic N) is 3. The molecule has 1 N–H and O–H groups in total. The molecule has 3 heterocycles. The van der Waals surface area contributed by atoms with Crippen LogP contribution in [0.1, 0.15) is 28.7 Å². The maximum Gasteiger partial charge on any atom is 0.250 e. The number of hydrogen-bond acceptors (Lipinski definition) is 4. The number of hydrogen-bond donors (Lipinski definition) is 1. The lowest BCUT2D eigenvalue weighted by atomic mass is 10.0. The van der Waals surface area contributed by atoms with Gasteiger partial charge in [-0.3, -0.25) is 19.3 Å². The summed E-state index contributed by atoms with van der Waals surface area (Å²) >= 11 is 0. The van der Waals surface area contributed by atoms with Crippen LogP contribution in [0.15, 0.2) is 41.3 Å². The molecule has 1 atom stereocenters. The minimum atomic E-state index is -0.465. The summed E-state index contributed by atoms with van der Waals surface area (Å²) in [5.74, 6) is -0.104. The molecule has 2 aliphatic heterocycles. The Kier molecular flexibility index (Phi) is 5.72. The molecule has 1 fully saturated rings. The van der Waals surface area contributed by atoms with Gasteiger partial charge in [0.1, 0.15) is 0 Å². The smallest absolute Gasteiger partial charge is 0.250 e. The van der Waals surface area contributed by atoms with E-state index in [0.29, 0.717) is 32.6 Å². The highest BCUT2D eigenvalue weighted by Gasteiger charge is 2.33. The third-order valence-electron chi connectivity index (χ3n) is 6.05. The van der Waals surface area contributed by atoms with Gasteiger partial charge in [-0.15, -0.1) is 0 Å². The standard InChI is InChI=1S/C23H28N4O3/c1-16-4-3-5-17(10-16)13-26-9-7-24-23(30)20(26)12-22(29)27-8-6-18-11-21(28)25(2)14-19(18)15-27/h3-5,10-11,14,20H,6-9,12-13,15H2,1-2H3,(H,24,30). The predicted molar refractivity (Wildman–Crippen MR) is 114 cm³/mol. The van der Waals surface area contributed by atoms with Gasteiger partial charge in [-0.2, -0.15) is 0 Å². The Morgan fingerprint density at radius 1 is 1.17 bits per heavy atom. The minimum Gasteiger partial charge on any atom is -0.353 e. The lowest BCUT2D eigenvalue weighted by Crippen LogP contribution is -2.56. The Labute approximate surface area is 176 Å². The summed E-state index contributed by atoms with van der Waals surface area (Å²) in [4.78, 5) is 41.4. The van der Waals surface area contributed by atoms with Crippen LogP contribution in [0, 0.1) is 6.92 Å². The summed E-state index contributed by atoms with van der Waals surface area (Å²) in [5, 5.41) is 2.91. The highest BCUT2D eigenvalue weighted by molar-refractivity contribution is 5.89. The second kappa shape index (κ2) is 8.44. The first-order chi connectivity index (χ1) is 14.4. The molecule has 0 radical (unpaired) electrons. The molecule has 2 aromatic rings. The highest BCUT2D eigenvalue weighted by atomic mass is 16.2. The third kappa shape index (κ3) is 4.31. The second-order valence-electron chi connectivity index (χ2n) is 8.31. The van der Waals surface area contributed by atoms with E-state index in [9.17, 15) is 14.4 Å². The number of amides is 2. The third-order valence-corrected chi connectivity index (χ3v) is 6.05. The van der Waals surface area contributed by atoms with Crippen molar-refractivity contribution in [2.45, 2.75) is 38.9 Å². The molecule has 0 bridgehead atoms. The number of aryl methyl sites for hydroxylation is 2. The molecular formula is C23H28N4O3. The van der Waals surface area contributed by atoms with Crippen molar-refractivity contribution in [1.82, 2.24) is 19.7 Å². The van der Waals surface area contributed by atoms with Crippen molar-refractivity contribution < 1.29 is 9.59 Å². The van der Waals surface area contributed by atoms with E-state index >= 15 is 0 Å². The van der Waals surface area contributed by atoms with Crippen molar-refractivity contribution in [1.29, 1.82) is 0 Å². The Hall–Kier alpha value is -2.93. The number of fused-ring (bicyclic) bond motifs is 1. The molecule has 2 aliphatic rings. The first-order valence-electron chi connectivity index (χ1n) is 10.4. The molecule has 2 amide bonds. The van der Waals surface area contributed by atoms with Crippen LogP contribution in [0.25, 0.3) is 0 Å². The number of benzene rings is 1. The van der Waals surface area contributed by atoms with Gasteiger partial charge in [0.2, 0.25) is 11.8 Å². The fourth-order valence-electron chi connectivity index (χ4n) is 4.36. The molecule has 7 nitrogen and oxygen atoms in total. The maximum absolute atomic E-state index is 13.1. The minimum absolute atomic E-state index is 0.0224. The molecule has 1 unspecified atom stereocenters. The fourth-order valence-corrected chi connectivity index (χ4v) is 4.36. The van der Waals surface area contributed by atoms with Crippen molar-refractivity contribution in [2.75, 3.05) is 19.6 Å². The summed E-state index contributed by atoms with van der Waals surface area (Å²) in [6.45, 7) is 5.08. The number of pyridine rings is 1. The van der Waals surface area contributed by atoms with E-state index in [1.54, 1.807) is 22.6 Å². The molecule has 1 aromatic carbocycles. The Morgan fingerprint density at radius 3 is 2.80 bits per heavy atom. The van der Waals surface area contributed by atoms with E-state index in [1.807, 2.05) is 12.3 Å². The molecule has 0 aliphatic carbocycles. The van der Waals surface area contributed by atoms with Gasteiger partial charge in [-0.25, -0.2) is 0 Å². The van der Waals surface area contributed by atoms with Gasteiger partial charge in [0.15, 0.2) is 0 Å². The summed E-state index contributed by atoms with van der Waals surface area (Å²) in [7, 11) is 1.72. The van der Waals surface area contributed by atoms with Gasteiger partial charge >= 0.3 is 0 Å². The molecule has 0 saturated carbocycles. The predicted octanol–water partition coefficient (Wildman–Crippen LogP) is 0.969. The highest BCUT2D eigenvalue weighted by Crippen LogP contribution is 2.20. The van der Waals surface area contributed by atoms with E-state index in [2.05, 4.69) is 35.3 Å². The molecule has 1 aromatic heterocycles. The van der Waals surface area contributed by atoms with E-state index in [1.165, 1.54) is 5.56 Å². The van der Waals surface area contributed by atoms with Crippen molar-refractivity contribution in [2.24, 2.45) is 7.05 Å². The van der Waals surface area contributed by atoms with E-state index in [0.717, 1.165) is 23.2 Å². The van der Waals surface area contributed by atoms with Gasteiger partial charge < -0.3 is 14.8 Å². The van der Waals surface area contributed by atoms with E-state index < -0.39 is 6.04 Å². The quantitative estimate of drug-likeness (QED) is 0.818. The van der Waals surface area contributed by atoms with Crippen LogP contribution in [0.5, 0.6) is 0 Å². The van der Waals surface area contributed by atoms with Crippen LogP contribution in [0.3, 0.4) is 0 Å². The second-order valence-corrected chi connectivity index (χ2v) is 8.31. The van der Waals surface area contributed by atoms with E-state index in [4.69, 9.17) is 0 Å². The number of rotatable bonds is 4. The molecular weight excluding hydrogens is 380 g/mol. The summed E-state index contributed by atoms with van der Waals surface area (Å²) in [6.07, 6.45) is 2.65. The summed E-state index contributed by atoms with van der Waals surface area (Å²) < 4.78 is 1.55. The molecule has 30 heavy (non-hydrogen) atoms. The maximum atomic E-state index is 13.1. The Bertz CT molecular complexity index is 1030. The van der Waals surface area contributed by atoms with Crippen LogP contribution in [-0.2, 0) is 36.1 Å². The zero-order valence-electron chi connectivity index (χ0n) is 17.6. The van der Waals surface area contributed by atoms with Gasteiger partial charge in [0.25, 0.3) is 5.56 Å². The van der Waals surface area contributed by atoms with Gasteiger partial charge in [0.05, 0.1) is 12.5 Å². The lowest BCUT2D eigenvalue weighted by molar-refractivity contribution is -0.139. The molecule has 1 saturated heterocycles. The number of piperazine rings is 1. The van der Waals surface area contributed by atoms with Gasteiger partial charge in [0, 0.05) is 52.0 Å². The zero-order chi connectivity index (χ0) is 21.3. The number of carbonyl (C=O) groups excluding carboxylic acids is 2. The summed E-state index contributed by atoms with van der Waals surface area (Å²) in [6, 6.07) is 9.45. The van der Waals surface area contributed by atoms with Crippen LogP contribution >= 0.6 is 0 Å². The number of aromatic nitrogens is 1. The number of nitrogens with one attached hydrogen (secondary N) is 1. The zero-order valence-corrected chi connectivity index (χ0v) is 17.6. The lowest BCUT2D eigenvalue weighted by Gasteiger charge is -2.36. The van der Waals surface area contributed by atoms with Crippen LogP contribution < -0.4 is 10.9 Å². The van der Waals surface area contributed by atoms with E-state index in [-0.39, 0.29) is 23.8 Å². The van der Waals surface area contributed by atoms with Gasteiger partial charge in [-0.1, -0.05) is 29.8 Å². The number of carbonyl (C=O) groups is 2. The first-order valence-corrected chi connectivity index (χ1v) is 10.4. The Morgan fingerprint density at radius 2 is 2.00 bits per heavy atom. The molecule has 7 heteroatoms. The first kappa shape index (κ1) is 20.3. The monoisotopic (exact) mass is 408 g/mol. The normalized spacial score (nSPS) is 19.3. The largest absolute Gasteiger partial charge is 0.353 e. The average molecular weight is 409 g/mol. The van der Waals surface area contributed by atoms with Crippen molar-refractivity contribution in [3.05, 3.63) is 69.1 Å². The van der Waals surface area contributed by atoms with Crippen LogP contribution in [0.4, 0.5) is 0 Å². The van der Waals surface area contributed by atoms with Crippen molar-refractivity contribution in [3.8, 4) is 0 Å². The van der Waals surface area contributed by atoms with Crippen LogP contribution in [0.2, 0.25) is 0 Å².